The summed E-state index contributed by atoms with van der Waals surface area (Å²) in [7, 11) is 0. The highest BCUT2D eigenvalue weighted by Gasteiger charge is 2.30. The number of ketones is 2. The largest absolute Gasteiger partial charge is 0.435 e. The van der Waals surface area contributed by atoms with Crippen LogP contribution in [0.1, 0.15) is 57.9 Å². The molecule has 0 fully saturated rings. The number of nitrogens with one attached hydrogen (secondary N) is 1. The van der Waals surface area contributed by atoms with E-state index in [2.05, 4.69) is 9.72 Å². The minimum Gasteiger partial charge on any atom is -0.435 e. The van der Waals surface area contributed by atoms with Crippen molar-refractivity contribution in [2.75, 3.05) is 11.4 Å². The molecule has 3 rings (SSSR count). The minimum absolute atomic E-state index is 0.0761. The van der Waals surface area contributed by atoms with Crippen LogP contribution in [0.4, 0.5) is 14.5 Å². The summed E-state index contributed by atoms with van der Waals surface area (Å²) in [5.74, 6) is -0.0572. The molecule has 0 saturated heterocycles. The van der Waals surface area contributed by atoms with Crippen molar-refractivity contribution in [3.05, 3.63) is 46.3 Å². The zero-order valence-corrected chi connectivity index (χ0v) is 16.4. The Bertz CT molecular complexity index is 921. The molecule has 5 nitrogen and oxygen atoms in total. The van der Waals surface area contributed by atoms with Gasteiger partial charge in [0.15, 0.2) is 5.78 Å². The molecule has 1 aliphatic heterocycles. The van der Waals surface area contributed by atoms with E-state index >= 15 is 0 Å². The van der Waals surface area contributed by atoms with Gasteiger partial charge in [-0.1, -0.05) is 0 Å². The van der Waals surface area contributed by atoms with E-state index in [0.717, 1.165) is 24.1 Å². The van der Waals surface area contributed by atoms with Gasteiger partial charge in [-0.25, -0.2) is 0 Å². The van der Waals surface area contributed by atoms with Gasteiger partial charge < -0.3 is 14.6 Å². The number of ether oxygens (including phenoxy) is 1. The number of fused-ring (bicyclic) bond motifs is 1. The van der Waals surface area contributed by atoms with Crippen LogP contribution >= 0.6 is 0 Å². The molecule has 7 heteroatoms. The monoisotopic (exact) mass is 390 g/mol. The summed E-state index contributed by atoms with van der Waals surface area (Å²) >= 11 is 0. The van der Waals surface area contributed by atoms with Gasteiger partial charge in [0, 0.05) is 23.5 Å². The van der Waals surface area contributed by atoms with Gasteiger partial charge in [0.2, 0.25) is 5.78 Å². The molecule has 0 amide bonds. The molecule has 0 aliphatic carbocycles. The lowest BCUT2D eigenvalue weighted by Gasteiger charge is -2.35. The van der Waals surface area contributed by atoms with E-state index in [9.17, 15) is 18.4 Å². The molecule has 0 unspecified atom stereocenters. The third kappa shape index (κ3) is 3.66. The minimum atomic E-state index is -2.87. The Morgan fingerprint density at radius 3 is 2.57 bits per heavy atom. The fourth-order valence-corrected chi connectivity index (χ4v) is 4.06. The van der Waals surface area contributed by atoms with E-state index in [4.69, 9.17) is 0 Å². The molecule has 0 spiro atoms. The number of H-pyrrole nitrogens is 1. The number of hydrogen-bond acceptors (Lipinski definition) is 4. The van der Waals surface area contributed by atoms with Gasteiger partial charge in [-0.05, 0) is 69.9 Å². The molecule has 150 valence electrons. The highest BCUT2D eigenvalue weighted by Crippen LogP contribution is 2.33. The first-order chi connectivity index (χ1) is 13.2. The van der Waals surface area contributed by atoms with Crippen LogP contribution in [0.15, 0.2) is 18.2 Å². The Morgan fingerprint density at radius 1 is 1.25 bits per heavy atom. The molecule has 1 N–H and O–H groups in total. The van der Waals surface area contributed by atoms with Gasteiger partial charge in [0.25, 0.3) is 0 Å². The molecule has 0 bridgehead atoms. The number of hydrogen-bond donors (Lipinski definition) is 1. The van der Waals surface area contributed by atoms with Crippen molar-refractivity contribution in [1.82, 2.24) is 4.98 Å². The molecule has 2 aromatic rings. The van der Waals surface area contributed by atoms with Crippen LogP contribution in [0, 0.1) is 13.8 Å². The van der Waals surface area contributed by atoms with Gasteiger partial charge in [-0.2, -0.15) is 8.78 Å². The number of aryl methyl sites for hydroxylation is 2. The Hall–Kier alpha value is -2.70. The Balaban J connectivity index is 1.90. The third-order valence-corrected chi connectivity index (χ3v) is 5.31. The summed E-state index contributed by atoms with van der Waals surface area (Å²) in [6.45, 7) is 4.69. The second-order valence-corrected chi connectivity index (χ2v) is 7.19. The molecular formula is C21H24F2N2O3. The van der Waals surface area contributed by atoms with Crippen LogP contribution in [0.3, 0.4) is 0 Å². The van der Waals surface area contributed by atoms with E-state index in [1.165, 1.54) is 13.0 Å². The number of rotatable bonds is 6. The number of aromatic nitrogens is 1. The average Bonchev–Trinajstić information content (AvgIpc) is 2.93. The van der Waals surface area contributed by atoms with Gasteiger partial charge in [-0.3, -0.25) is 9.59 Å². The molecule has 2 heterocycles. The smallest absolute Gasteiger partial charge is 0.387 e. The van der Waals surface area contributed by atoms with E-state index < -0.39 is 12.7 Å². The lowest BCUT2D eigenvalue weighted by molar-refractivity contribution is -0.0498. The van der Waals surface area contributed by atoms with Crippen molar-refractivity contribution < 1.29 is 23.1 Å². The zero-order chi connectivity index (χ0) is 20.6. The fraction of sp³-hybridized carbons (Fsp3) is 0.429. The van der Waals surface area contributed by atoms with Crippen LogP contribution in [0.5, 0.6) is 5.75 Å². The maximum absolute atomic E-state index is 13.2. The zero-order valence-electron chi connectivity index (χ0n) is 16.4. The van der Waals surface area contributed by atoms with Crippen LogP contribution in [-0.4, -0.2) is 35.7 Å². The molecule has 1 aromatic heterocycles. The van der Waals surface area contributed by atoms with E-state index in [-0.39, 0.29) is 17.3 Å². The van der Waals surface area contributed by atoms with Crippen molar-refractivity contribution in [3.8, 4) is 5.75 Å². The number of benzene rings is 1. The van der Waals surface area contributed by atoms with Crippen molar-refractivity contribution >= 4 is 17.3 Å². The summed E-state index contributed by atoms with van der Waals surface area (Å²) < 4.78 is 29.4. The highest BCUT2D eigenvalue weighted by molar-refractivity contribution is 6.06. The van der Waals surface area contributed by atoms with Gasteiger partial charge in [-0.15, -0.1) is 0 Å². The first kappa shape index (κ1) is 20.0. The number of carbonyl (C=O) groups excluding carboxylic acids is 2. The lowest BCUT2D eigenvalue weighted by Crippen LogP contribution is -2.42. The maximum atomic E-state index is 13.2. The van der Waals surface area contributed by atoms with E-state index in [1.807, 2.05) is 11.8 Å². The van der Waals surface area contributed by atoms with Crippen molar-refractivity contribution in [1.29, 1.82) is 0 Å². The lowest BCUT2D eigenvalue weighted by atomic mass is 9.97. The first-order valence-corrected chi connectivity index (χ1v) is 9.29. The normalized spacial score (nSPS) is 14.8. The molecule has 1 aromatic carbocycles. The van der Waals surface area contributed by atoms with Gasteiger partial charge in [0.1, 0.15) is 5.75 Å². The molecule has 28 heavy (non-hydrogen) atoms. The quantitative estimate of drug-likeness (QED) is 0.740. The number of nitrogens with zero attached hydrogens (tertiary/aromatic N) is 1. The number of Topliss-reactive ketones (excluding diaryl/α,β-unsaturated/α-hetero) is 2. The van der Waals surface area contributed by atoms with Gasteiger partial charge >= 0.3 is 6.61 Å². The van der Waals surface area contributed by atoms with E-state index in [1.54, 1.807) is 26.0 Å². The molecule has 0 saturated carbocycles. The number of carbonyl (C=O) groups is 2. The number of halogens is 2. The molecule has 0 radical (unpaired) electrons. The standard InChI is InChI=1S/C21H24F2N2O3/c1-11-18(14(4)26)12(2)24-19(11)20(27)13(3)25-9-5-6-15-10-16(28-21(22)23)7-8-17(15)25/h7-8,10,13,21,24H,5-6,9H2,1-4H3/t13-/m0/s1. The predicted molar refractivity (Wildman–Crippen MR) is 103 cm³/mol. The van der Waals surface area contributed by atoms with Crippen LogP contribution in [0.25, 0.3) is 0 Å². The first-order valence-electron chi connectivity index (χ1n) is 9.29. The molecule has 1 aliphatic rings. The Labute approximate surface area is 162 Å². The maximum Gasteiger partial charge on any atom is 0.387 e. The molecular weight excluding hydrogens is 366 g/mol. The van der Waals surface area contributed by atoms with Crippen LogP contribution in [0.2, 0.25) is 0 Å². The van der Waals surface area contributed by atoms with Crippen LogP contribution in [-0.2, 0) is 6.42 Å². The second-order valence-electron chi connectivity index (χ2n) is 7.19. The summed E-state index contributed by atoms with van der Waals surface area (Å²) in [5.41, 5.74) is 4.09. The Kier molecular flexibility index (Phi) is 5.54. The number of aromatic amines is 1. The van der Waals surface area contributed by atoms with E-state index in [0.29, 0.717) is 29.1 Å². The second kappa shape index (κ2) is 7.73. The predicted octanol–water partition coefficient (Wildman–Crippen LogP) is 4.46. The summed E-state index contributed by atoms with van der Waals surface area (Å²) in [6.07, 6.45) is 1.55. The van der Waals surface area contributed by atoms with Crippen molar-refractivity contribution in [2.45, 2.75) is 53.2 Å². The van der Waals surface area contributed by atoms with Crippen LogP contribution < -0.4 is 9.64 Å². The number of alkyl halides is 2. The topological polar surface area (TPSA) is 62.4 Å². The Morgan fingerprint density at radius 2 is 1.96 bits per heavy atom. The highest BCUT2D eigenvalue weighted by atomic mass is 19.3. The molecule has 1 atom stereocenters. The average molecular weight is 390 g/mol. The third-order valence-electron chi connectivity index (χ3n) is 5.31. The van der Waals surface area contributed by atoms with Gasteiger partial charge in [0.05, 0.1) is 11.7 Å². The number of anilines is 1. The SMILES string of the molecule is CC(=O)c1c(C)[nH]c(C(=O)[C@H](C)N2CCCc3cc(OC(F)F)ccc32)c1C. The van der Waals surface area contributed by atoms with Crippen molar-refractivity contribution in [2.24, 2.45) is 0 Å². The van der Waals surface area contributed by atoms with Crippen molar-refractivity contribution in [3.63, 3.8) is 0 Å². The fourth-order valence-electron chi connectivity index (χ4n) is 4.06. The summed E-state index contributed by atoms with van der Waals surface area (Å²) in [6, 6.07) is 4.38. The summed E-state index contributed by atoms with van der Waals surface area (Å²) in [5, 5.41) is 0. The summed E-state index contributed by atoms with van der Waals surface area (Å²) in [4.78, 5) is 30.1.